The van der Waals surface area contributed by atoms with Gasteiger partial charge in [-0.3, -0.25) is 9.59 Å². The molecule has 1 heterocycles. The van der Waals surface area contributed by atoms with Crippen LogP contribution >= 0.6 is 15.9 Å². The van der Waals surface area contributed by atoms with Gasteiger partial charge < -0.3 is 4.74 Å². The second-order valence-electron chi connectivity index (χ2n) is 8.56. The number of halogens is 1. The number of carbonyl (C=O) groups excluding carboxylic acids is 3. The summed E-state index contributed by atoms with van der Waals surface area (Å²) in [7, 11) is 0. The fraction of sp³-hybridized carbons (Fsp3) is 0.292. The summed E-state index contributed by atoms with van der Waals surface area (Å²) in [4.78, 5) is 40.2. The quantitative estimate of drug-likeness (QED) is 0.295. The molecule has 2 amide bonds. The highest BCUT2D eigenvalue weighted by Crippen LogP contribution is 2.65. The first-order valence-corrected chi connectivity index (χ1v) is 11.0. The van der Waals surface area contributed by atoms with Crippen LogP contribution in [-0.2, 0) is 9.59 Å². The van der Waals surface area contributed by atoms with Gasteiger partial charge in [-0.05, 0) is 66.5 Å². The number of benzene rings is 2. The molecule has 5 nitrogen and oxygen atoms in total. The van der Waals surface area contributed by atoms with Crippen molar-refractivity contribution in [2.24, 2.45) is 35.5 Å². The topological polar surface area (TPSA) is 63.7 Å². The molecule has 1 saturated heterocycles. The molecule has 6 atom stereocenters. The fourth-order valence-corrected chi connectivity index (χ4v) is 5.91. The maximum atomic E-state index is 13.3. The van der Waals surface area contributed by atoms with E-state index in [2.05, 4.69) is 28.1 Å². The van der Waals surface area contributed by atoms with Crippen molar-refractivity contribution >= 4 is 39.4 Å². The van der Waals surface area contributed by atoms with Crippen molar-refractivity contribution in [1.29, 1.82) is 0 Å². The number of amides is 2. The highest BCUT2D eigenvalue weighted by molar-refractivity contribution is 9.10. The van der Waals surface area contributed by atoms with Crippen molar-refractivity contribution < 1.29 is 19.1 Å². The van der Waals surface area contributed by atoms with Gasteiger partial charge in [0.2, 0.25) is 11.8 Å². The molecule has 7 rings (SSSR count). The van der Waals surface area contributed by atoms with Crippen LogP contribution in [0.1, 0.15) is 16.8 Å². The molecule has 5 aliphatic rings. The molecule has 0 spiro atoms. The maximum absolute atomic E-state index is 13.3. The largest absolute Gasteiger partial charge is 0.423 e. The number of allylic oxidation sites excluding steroid dienone is 2. The van der Waals surface area contributed by atoms with Crippen LogP contribution in [0.2, 0.25) is 0 Å². The average Bonchev–Trinajstić information content (AvgIpc) is 3.52. The van der Waals surface area contributed by atoms with Gasteiger partial charge >= 0.3 is 5.97 Å². The van der Waals surface area contributed by atoms with Crippen molar-refractivity contribution in [1.82, 2.24) is 0 Å². The zero-order valence-electron chi connectivity index (χ0n) is 15.9. The number of rotatable bonds is 3. The summed E-state index contributed by atoms with van der Waals surface area (Å²) < 4.78 is 6.36. The van der Waals surface area contributed by atoms with Gasteiger partial charge in [0.15, 0.2) is 0 Å². The molecule has 6 heteroatoms. The van der Waals surface area contributed by atoms with E-state index in [4.69, 9.17) is 4.74 Å². The van der Waals surface area contributed by atoms with Crippen LogP contribution in [0, 0.1) is 35.5 Å². The number of nitrogens with zero attached hydrogens (tertiary/aromatic N) is 1. The van der Waals surface area contributed by atoms with E-state index in [0.29, 0.717) is 28.8 Å². The van der Waals surface area contributed by atoms with Gasteiger partial charge in [0, 0.05) is 10.5 Å². The highest BCUT2D eigenvalue weighted by atomic mass is 79.9. The summed E-state index contributed by atoms with van der Waals surface area (Å²) in [6.45, 7) is 0. The Morgan fingerprint density at radius 2 is 1.57 bits per heavy atom. The number of hydrogen-bond donors (Lipinski definition) is 0. The van der Waals surface area contributed by atoms with Crippen LogP contribution in [-0.4, -0.2) is 17.8 Å². The third-order valence-corrected chi connectivity index (χ3v) is 7.56. The van der Waals surface area contributed by atoms with Crippen molar-refractivity contribution in [3.8, 4) is 5.75 Å². The smallest absolute Gasteiger partial charge is 0.343 e. The molecule has 1 aliphatic heterocycles. The lowest BCUT2D eigenvalue weighted by atomic mass is 9.63. The van der Waals surface area contributed by atoms with E-state index in [-0.39, 0.29) is 35.5 Å². The molecule has 0 aromatic heterocycles. The summed E-state index contributed by atoms with van der Waals surface area (Å²) >= 11 is 3.34. The summed E-state index contributed by atoms with van der Waals surface area (Å²) in [5.74, 6) is 0.587. The molecule has 30 heavy (non-hydrogen) atoms. The van der Waals surface area contributed by atoms with Crippen LogP contribution in [0.3, 0.4) is 0 Å². The molecule has 0 radical (unpaired) electrons. The average molecular weight is 464 g/mol. The predicted molar refractivity (Wildman–Crippen MR) is 113 cm³/mol. The third-order valence-electron chi connectivity index (χ3n) is 7.03. The Hall–Kier alpha value is -2.73. The number of imide groups is 1. The molecular formula is C24H18BrNO4. The van der Waals surface area contributed by atoms with Gasteiger partial charge in [-0.1, -0.05) is 34.1 Å². The van der Waals surface area contributed by atoms with Gasteiger partial charge in [0.25, 0.3) is 0 Å². The summed E-state index contributed by atoms with van der Waals surface area (Å²) in [6, 6.07) is 13.5. The number of ether oxygens (including phenoxy) is 1. The monoisotopic (exact) mass is 463 g/mol. The van der Waals surface area contributed by atoms with E-state index in [1.807, 2.05) is 0 Å². The van der Waals surface area contributed by atoms with E-state index < -0.39 is 5.97 Å². The lowest BCUT2D eigenvalue weighted by Crippen LogP contribution is -2.40. The fourth-order valence-electron chi connectivity index (χ4n) is 5.65. The third kappa shape index (κ3) is 2.56. The molecule has 2 bridgehead atoms. The Bertz CT molecular complexity index is 1090. The minimum Gasteiger partial charge on any atom is -0.423 e. The Kier molecular flexibility index (Phi) is 3.84. The minimum absolute atomic E-state index is 0.119. The zero-order valence-corrected chi connectivity index (χ0v) is 17.5. The van der Waals surface area contributed by atoms with E-state index in [0.717, 1.165) is 10.9 Å². The van der Waals surface area contributed by atoms with E-state index in [9.17, 15) is 14.4 Å². The molecule has 2 aromatic carbocycles. The molecule has 0 unspecified atom stereocenters. The lowest BCUT2D eigenvalue weighted by molar-refractivity contribution is -0.124. The van der Waals surface area contributed by atoms with Gasteiger partial charge in [-0.25, -0.2) is 9.69 Å². The molecule has 0 N–H and O–H groups in total. The van der Waals surface area contributed by atoms with Crippen molar-refractivity contribution in [3.63, 3.8) is 0 Å². The van der Waals surface area contributed by atoms with Crippen LogP contribution in [0.15, 0.2) is 65.2 Å². The van der Waals surface area contributed by atoms with Crippen LogP contribution in [0.5, 0.6) is 5.75 Å². The van der Waals surface area contributed by atoms with Gasteiger partial charge in [0.1, 0.15) is 5.75 Å². The molecular weight excluding hydrogens is 446 g/mol. The molecule has 2 saturated carbocycles. The van der Waals surface area contributed by atoms with Crippen molar-refractivity contribution in [2.75, 3.05) is 4.90 Å². The zero-order chi connectivity index (χ0) is 20.6. The van der Waals surface area contributed by atoms with Crippen molar-refractivity contribution in [3.05, 3.63) is 70.7 Å². The van der Waals surface area contributed by atoms with Crippen LogP contribution < -0.4 is 9.64 Å². The first-order chi connectivity index (χ1) is 14.5. The molecule has 2 aromatic rings. The van der Waals surface area contributed by atoms with E-state index in [1.165, 1.54) is 4.90 Å². The SMILES string of the molecule is O=C(Oc1cccc(N2C(=O)[C@@H]3[C@H]4C=C[C@@H]([C@@H]5C[C@H]45)[C@H]3C2=O)c1)c1ccc(Br)cc1. The van der Waals surface area contributed by atoms with E-state index >= 15 is 0 Å². The second-order valence-corrected chi connectivity index (χ2v) is 9.48. The normalized spacial score (nSPS) is 32.8. The number of hydrogen-bond acceptors (Lipinski definition) is 4. The number of carbonyl (C=O) groups is 3. The maximum Gasteiger partial charge on any atom is 0.343 e. The van der Waals surface area contributed by atoms with Gasteiger partial charge in [-0.2, -0.15) is 0 Å². The van der Waals surface area contributed by atoms with Crippen LogP contribution in [0.4, 0.5) is 5.69 Å². The highest BCUT2D eigenvalue weighted by Gasteiger charge is 2.67. The van der Waals surface area contributed by atoms with Gasteiger partial charge in [-0.15, -0.1) is 0 Å². The van der Waals surface area contributed by atoms with Gasteiger partial charge in [0.05, 0.1) is 23.1 Å². The van der Waals surface area contributed by atoms with Crippen LogP contribution in [0.25, 0.3) is 0 Å². The summed E-state index contributed by atoms with van der Waals surface area (Å²) in [5, 5.41) is 0. The molecule has 3 fully saturated rings. The second kappa shape index (κ2) is 6.38. The Morgan fingerprint density at radius 1 is 0.933 bits per heavy atom. The standard InChI is InChI=1S/C24H18BrNO4/c25-13-6-4-12(5-7-13)24(29)30-15-3-1-2-14(10-15)26-22(27)20-16-8-9-17(19-11-18(16)19)21(20)23(26)28/h1-10,16-21H,11H2/t16-,17-,18-,19+,20+,21+/m0/s1. The van der Waals surface area contributed by atoms with Crippen molar-refractivity contribution in [2.45, 2.75) is 6.42 Å². The summed E-state index contributed by atoms with van der Waals surface area (Å²) in [6.07, 6.45) is 5.45. The molecule has 4 aliphatic carbocycles. The molecule has 150 valence electrons. The van der Waals surface area contributed by atoms with E-state index in [1.54, 1.807) is 48.5 Å². The number of esters is 1. The predicted octanol–water partition coefficient (Wildman–Crippen LogP) is 4.23. The first-order valence-electron chi connectivity index (χ1n) is 10.2. The Balaban J connectivity index is 1.27. The Morgan fingerprint density at radius 3 is 2.20 bits per heavy atom. The minimum atomic E-state index is -0.491. The lowest BCUT2D eigenvalue weighted by Gasteiger charge is -2.37. The summed E-state index contributed by atoms with van der Waals surface area (Å²) in [5.41, 5.74) is 0.887. The number of anilines is 1. The first kappa shape index (κ1) is 18.1. The Labute approximate surface area is 181 Å².